The Morgan fingerprint density at radius 3 is 2.40 bits per heavy atom. The quantitative estimate of drug-likeness (QED) is 0.637. The molecule has 2 aliphatic rings. The number of hydrogen-bond donors (Lipinski definition) is 0. The number of sulfonamides is 1. The van der Waals surface area contributed by atoms with Crippen LogP contribution < -0.4 is 0 Å². The van der Waals surface area contributed by atoms with Gasteiger partial charge in [0.05, 0.1) is 19.5 Å². The lowest BCUT2D eigenvalue weighted by Crippen LogP contribution is -2.45. The molecule has 0 amide bonds. The molecule has 0 aromatic rings. The molecule has 0 radical (unpaired) electrons. The SMILES string of the molecule is CS(=O)(=O)N1CCC(N2CCOCC2)C1. The van der Waals surface area contributed by atoms with Gasteiger partial charge in [-0.2, -0.15) is 0 Å². The molecule has 2 saturated heterocycles. The van der Waals surface area contributed by atoms with Crippen molar-refractivity contribution in [3.05, 3.63) is 0 Å². The normalized spacial score (nSPS) is 30.9. The molecule has 0 bridgehead atoms. The maximum absolute atomic E-state index is 11.3. The van der Waals surface area contributed by atoms with E-state index in [1.54, 1.807) is 4.31 Å². The van der Waals surface area contributed by atoms with Crippen LogP contribution in [0, 0.1) is 0 Å². The van der Waals surface area contributed by atoms with E-state index in [2.05, 4.69) is 4.90 Å². The van der Waals surface area contributed by atoms with Crippen LogP contribution in [0.3, 0.4) is 0 Å². The number of rotatable bonds is 2. The van der Waals surface area contributed by atoms with Crippen LogP contribution in [0.4, 0.5) is 0 Å². The second kappa shape index (κ2) is 4.37. The van der Waals surface area contributed by atoms with E-state index >= 15 is 0 Å². The van der Waals surface area contributed by atoms with Gasteiger partial charge in [-0.15, -0.1) is 0 Å². The Balaban J connectivity index is 1.92. The van der Waals surface area contributed by atoms with Gasteiger partial charge in [-0.05, 0) is 6.42 Å². The average molecular weight is 234 g/mol. The molecule has 15 heavy (non-hydrogen) atoms. The van der Waals surface area contributed by atoms with E-state index in [-0.39, 0.29) is 0 Å². The van der Waals surface area contributed by atoms with Crippen LogP contribution in [-0.2, 0) is 14.8 Å². The number of nitrogens with zero attached hydrogens (tertiary/aromatic N) is 2. The molecule has 0 N–H and O–H groups in total. The average Bonchev–Trinajstić information content (AvgIpc) is 2.67. The number of ether oxygens (including phenoxy) is 1. The van der Waals surface area contributed by atoms with Crippen LogP contribution in [0.1, 0.15) is 6.42 Å². The molecule has 0 saturated carbocycles. The molecule has 2 aliphatic heterocycles. The molecular weight excluding hydrogens is 216 g/mol. The lowest BCUT2D eigenvalue weighted by atomic mass is 10.2. The van der Waals surface area contributed by atoms with E-state index in [4.69, 9.17) is 4.74 Å². The highest BCUT2D eigenvalue weighted by molar-refractivity contribution is 7.88. The Morgan fingerprint density at radius 2 is 1.87 bits per heavy atom. The summed E-state index contributed by atoms with van der Waals surface area (Å²) < 4.78 is 29.5. The van der Waals surface area contributed by atoms with E-state index in [1.165, 1.54) is 6.26 Å². The molecule has 0 spiro atoms. The monoisotopic (exact) mass is 234 g/mol. The number of hydrogen-bond acceptors (Lipinski definition) is 4. The minimum Gasteiger partial charge on any atom is -0.379 e. The van der Waals surface area contributed by atoms with Gasteiger partial charge in [0.2, 0.25) is 10.0 Å². The zero-order chi connectivity index (χ0) is 10.9. The molecule has 2 rings (SSSR count). The van der Waals surface area contributed by atoms with E-state index < -0.39 is 10.0 Å². The predicted octanol–water partition coefficient (Wildman–Crippen LogP) is -0.647. The minimum absolute atomic E-state index is 0.392. The van der Waals surface area contributed by atoms with Gasteiger partial charge in [0.25, 0.3) is 0 Å². The van der Waals surface area contributed by atoms with Crippen LogP contribution in [0.5, 0.6) is 0 Å². The molecule has 6 heteroatoms. The van der Waals surface area contributed by atoms with E-state index in [1.807, 2.05) is 0 Å². The summed E-state index contributed by atoms with van der Waals surface area (Å²) in [6.45, 7) is 4.73. The Bertz CT molecular complexity index is 311. The van der Waals surface area contributed by atoms with Gasteiger partial charge >= 0.3 is 0 Å². The Morgan fingerprint density at radius 1 is 1.20 bits per heavy atom. The second-order valence-electron chi connectivity index (χ2n) is 4.21. The summed E-state index contributed by atoms with van der Waals surface area (Å²) in [7, 11) is -3.00. The maximum atomic E-state index is 11.3. The van der Waals surface area contributed by atoms with Crippen molar-refractivity contribution >= 4 is 10.0 Å². The van der Waals surface area contributed by atoms with Crippen LogP contribution in [0.2, 0.25) is 0 Å². The fourth-order valence-electron chi connectivity index (χ4n) is 2.25. The predicted molar refractivity (Wildman–Crippen MR) is 57.2 cm³/mol. The highest BCUT2D eigenvalue weighted by Gasteiger charge is 2.32. The molecule has 0 aromatic heterocycles. The van der Waals surface area contributed by atoms with Crippen molar-refractivity contribution in [2.24, 2.45) is 0 Å². The molecule has 0 aromatic carbocycles. The van der Waals surface area contributed by atoms with Gasteiger partial charge < -0.3 is 4.74 Å². The Hall–Kier alpha value is -0.170. The summed E-state index contributed by atoms with van der Waals surface area (Å²) >= 11 is 0. The highest BCUT2D eigenvalue weighted by atomic mass is 32.2. The molecule has 1 unspecified atom stereocenters. The first kappa shape index (κ1) is 11.3. The molecule has 1 atom stereocenters. The van der Waals surface area contributed by atoms with Crippen molar-refractivity contribution in [2.75, 3.05) is 45.6 Å². The number of morpholine rings is 1. The summed E-state index contributed by atoms with van der Waals surface area (Å²) in [5.74, 6) is 0. The minimum atomic E-state index is -3.00. The van der Waals surface area contributed by atoms with Crippen molar-refractivity contribution in [3.63, 3.8) is 0 Å². The molecule has 88 valence electrons. The summed E-state index contributed by atoms with van der Waals surface area (Å²) in [6, 6.07) is 0.392. The van der Waals surface area contributed by atoms with Crippen molar-refractivity contribution in [1.82, 2.24) is 9.21 Å². The first-order valence-corrected chi connectivity index (χ1v) is 7.19. The van der Waals surface area contributed by atoms with E-state index in [9.17, 15) is 8.42 Å². The fraction of sp³-hybridized carbons (Fsp3) is 1.00. The highest BCUT2D eigenvalue weighted by Crippen LogP contribution is 2.18. The smallest absolute Gasteiger partial charge is 0.211 e. The van der Waals surface area contributed by atoms with Crippen LogP contribution >= 0.6 is 0 Å². The summed E-state index contributed by atoms with van der Waals surface area (Å²) in [6.07, 6.45) is 2.24. The lowest BCUT2D eigenvalue weighted by molar-refractivity contribution is 0.0197. The topological polar surface area (TPSA) is 49.9 Å². The third kappa shape index (κ3) is 2.69. The zero-order valence-corrected chi connectivity index (χ0v) is 9.87. The largest absolute Gasteiger partial charge is 0.379 e. The zero-order valence-electron chi connectivity index (χ0n) is 9.05. The first-order chi connectivity index (χ1) is 7.07. The lowest BCUT2D eigenvalue weighted by Gasteiger charge is -2.31. The van der Waals surface area contributed by atoms with Gasteiger partial charge in [-0.3, -0.25) is 4.90 Å². The van der Waals surface area contributed by atoms with Gasteiger partial charge in [0.15, 0.2) is 0 Å². The van der Waals surface area contributed by atoms with E-state index in [0.29, 0.717) is 19.1 Å². The van der Waals surface area contributed by atoms with Crippen molar-refractivity contribution in [3.8, 4) is 0 Å². The van der Waals surface area contributed by atoms with Crippen molar-refractivity contribution < 1.29 is 13.2 Å². The van der Waals surface area contributed by atoms with Crippen molar-refractivity contribution in [1.29, 1.82) is 0 Å². The fourth-order valence-corrected chi connectivity index (χ4v) is 3.13. The molecular formula is C9H18N2O3S. The Labute approximate surface area is 91.0 Å². The van der Waals surface area contributed by atoms with Crippen LogP contribution in [-0.4, -0.2) is 69.3 Å². The third-order valence-corrected chi connectivity index (χ3v) is 4.43. The maximum Gasteiger partial charge on any atom is 0.211 e. The van der Waals surface area contributed by atoms with Gasteiger partial charge in [-0.25, -0.2) is 12.7 Å². The van der Waals surface area contributed by atoms with Crippen LogP contribution in [0.25, 0.3) is 0 Å². The second-order valence-corrected chi connectivity index (χ2v) is 6.19. The first-order valence-electron chi connectivity index (χ1n) is 5.34. The standard InChI is InChI=1S/C9H18N2O3S/c1-15(12,13)11-3-2-9(8-11)10-4-6-14-7-5-10/h9H,2-8H2,1H3. The van der Waals surface area contributed by atoms with Gasteiger partial charge in [-0.1, -0.05) is 0 Å². The third-order valence-electron chi connectivity index (χ3n) is 3.16. The Kier molecular flexibility index (Phi) is 3.30. The molecule has 2 heterocycles. The summed E-state index contributed by atoms with van der Waals surface area (Å²) in [5, 5.41) is 0. The summed E-state index contributed by atoms with van der Waals surface area (Å²) in [5.41, 5.74) is 0. The van der Waals surface area contributed by atoms with E-state index in [0.717, 1.165) is 32.7 Å². The van der Waals surface area contributed by atoms with Crippen molar-refractivity contribution in [2.45, 2.75) is 12.5 Å². The van der Waals surface area contributed by atoms with Gasteiger partial charge in [0.1, 0.15) is 0 Å². The molecule has 5 nitrogen and oxygen atoms in total. The van der Waals surface area contributed by atoms with Gasteiger partial charge in [0, 0.05) is 32.2 Å². The summed E-state index contributed by atoms with van der Waals surface area (Å²) in [4.78, 5) is 2.34. The molecule has 2 fully saturated rings. The molecule has 0 aliphatic carbocycles. The van der Waals surface area contributed by atoms with Crippen LogP contribution in [0.15, 0.2) is 0 Å².